The Labute approximate surface area is 107 Å². The molecule has 1 fully saturated rings. The number of hydrogen-bond acceptors (Lipinski definition) is 2. The van der Waals surface area contributed by atoms with Crippen LogP contribution >= 0.6 is 0 Å². The Kier molecular flexibility index (Phi) is 3.15. The fourth-order valence-corrected chi connectivity index (χ4v) is 2.25. The van der Waals surface area contributed by atoms with Crippen LogP contribution in [0.1, 0.15) is 36.2 Å². The van der Waals surface area contributed by atoms with E-state index >= 15 is 0 Å². The van der Waals surface area contributed by atoms with Gasteiger partial charge in [0.25, 0.3) is 5.91 Å². The van der Waals surface area contributed by atoms with Crippen LogP contribution in [0.4, 0.5) is 4.39 Å². The van der Waals surface area contributed by atoms with Crippen molar-refractivity contribution < 1.29 is 9.18 Å². The van der Waals surface area contributed by atoms with Gasteiger partial charge in [-0.1, -0.05) is 25.5 Å². The Hall–Kier alpha value is -1.42. The molecule has 0 heterocycles. The molecular weight excluding hydrogens is 231 g/mol. The standard InChI is InChI=1S/C14H19FN2O/c1-8-4-5-10(15)9(6-8)13(18)17-12-7-11(16)14(12,2)3/h4-6,11-12H,7,16H2,1-3H3,(H,17,18). The van der Waals surface area contributed by atoms with Crippen LogP contribution in [0, 0.1) is 18.2 Å². The lowest BCUT2D eigenvalue weighted by Crippen LogP contribution is -2.64. The van der Waals surface area contributed by atoms with Crippen LogP contribution in [-0.2, 0) is 0 Å². The van der Waals surface area contributed by atoms with Crippen LogP contribution in [0.5, 0.6) is 0 Å². The molecule has 0 saturated heterocycles. The lowest BCUT2D eigenvalue weighted by atomic mass is 9.63. The van der Waals surface area contributed by atoms with Crippen LogP contribution in [0.25, 0.3) is 0 Å². The monoisotopic (exact) mass is 250 g/mol. The van der Waals surface area contributed by atoms with Crippen LogP contribution in [0.3, 0.4) is 0 Å². The first-order valence-corrected chi connectivity index (χ1v) is 6.15. The van der Waals surface area contributed by atoms with Gasteiger partial charge in [-0.15, -0.1) is 0 Å². The lowest BCUT2D eigenvalue weighted by molar-refractivity contribution is 0.0584. The van der Waals surface area contributed by atoms with Crippen molar-refractivity contribution in [1.29, 1.82) is 0 Å². The Balaban J connectivity index is 2.12. The van der Waals surface area contributed by atoms with E-state index in [-0.39, 0.29) is 29.0 Å². The summed E-state index contributed by atoms with van der Waals surface area (Å²) >= 11 is 0. The molecule has 2 rings (SSSR count). The van der Waals surface area contributed by atoms with Crippen molar-refractivity contribution in [3.8, 4) is 0 Å². The molecule has 4 heteroatoms. The van der Waals surface area contributed by atoms with Gasteiger partial charge < -0.3 is 11.1 Å². The van der Waals surface area contributed by atoms with Crippen molar-refractivity contribution in [1.82, 2.24) is 5.32 Å². The second-order valence-electron chi connectivity index (χ2n) is 5.67. The molecule has 18 heavy (non-hydrogen) atoms. The number of amides is 1. The van der Waals surface area contributed by atoms with E-state index in [0.29, 0.717) is 0 Å². The molecule has 0 radical (unpaired) electrons. The van der Waals surface area contributed by atoms with E-state index in [1.807, 2.05) is 20.8 Å². The number of nitrogens with two attached hydrogens (primary N) is 1. The molecular formula is C14H19FN2O. The Morgan fingerprint density at radius 1 is 1.50 bits per heavy atom. The van der Waals surface area contributed by atoms with Crippen molar-refractivity contribution in [3.63, 3.8) is 0 Å². The fraction of sp³-hybridized carbons (Fsp3) is 0.500. The smallest absolute Gasteiger partial charge is 0.254 e. The van der Waals surface area contributed by atoms with Crippen molar-refractivity contribution in [2.45, 2.75) is 39.3 Å². The quantitative estimate of drug-likeness (QED) is 0.843. The van der Waals surface area contributed by atoms with E-state index < -0.39 is 5.82 Å². The van der Waals surface area contributed by atoms with E-state index in [1.54, 1.807) is 12.1 Å². The van der Waals surface area contributed by atoms with Gasteiger partial charge in [0, 0.05) is 17.5 Å². The average Bonchev–Trinajstić information content (AvgIpc) is 2.31. The van der Waals surface area contributed by atoms with Crippen LogP contribution < -0.4 is 11.1 Å². The molecule has 2 atom stereocenters. The number of halogens is 1. The average molecular weight is 250 g/mol. The van der Waals surface area contributed by atoms with Crippen LogP contribution in [0.15, 0.2) is 18.2 Å². The molecule has 1 aliphatic carbocycles. The summed E-state index contributed by atoms with van der Waals surface area (Å²) in [7, 11) is 0. The van der Waals surface area contributed by atoms with Crippen molar-refractivity contribution >= 4 is 5.91 Å². The Morgan fingerprint density at radius 2 is 2.17 bits per heavy atom. The molecule has 0 bridgehead atoms. The highest BCUT2D eigenvalue weighted by Crippen LogP contribution is 2.39. The van der Waals surface area contributed by atoms with Gasteiger partial charge in [-0.2, -0.15) is 0 Å². The van der Waals surface area contributed by atoms with Gasteiger partial charge in [0.15, 0.2) is 0 Å². The minimum absolute atomic E-state index is 0.0138. The van der Waals surface area contributed by atoms with Gasteiger partial charge >= 0.3 is 0 Å². The number of hydrogen-bond donors (Lipinski definition) is 2. The molecule has 98 valence electrons. The summed E-state index contributed by atoms with van der Waals surface area (Å²) in [5.41, 5.74) is 6.73. The molecule has 1 amide bonds. The highest BCUT2D eigenvalue weighted by molar-refractivity contribution is 5.95. The van der Waals surface area contributed by atoms with Crippen LogP contribution in [0.2, 0.25) is 0 Å². The van der Waals surface area contributed by atoms with Gasteiger partial charge in [-0.25, -0.2) is 4.39 Å². The lowest BCUT2D eigenvalue weighted by Gasteiger charge is -2.50. The minimum Gasteiger partial charge on any atom is -0.349 e. The highest BCUT2D eigenvalue weighted by atomic mass is 19.1. The van der Waals surface area contributed by atoms with E-state index in [9.17, 15) is 9.18 Å². The first-order chi connectivity index (χ1) is 8.32. The van der Waals surface area contributed by atoms with Gasteiger partial charge in [0.2, 0.25) is 0 Å². The normalized spacial score (nSPS) is 25.4. The zero-order chi connectivity index (χ0) is 13.5. The molecule has 3 nitrogen and oxygen atoms in total. The number of rotatable bonds is 2. The molecule has 2 unspecified atom stereocenters. The number of carbonyl (C=O) groups excluding carboxylic acids is 1. The number of nitrogens with one attached hydrogen (secondary N) is 1. The predicted molar refractivity (Wildman–Crippen MR) is 68.8 cm³/mol. The number of benzene rings is 1. The van der Waals surface area contributed by atoms with Gasteiger partial charge in [0.05, 0.1) is 5.56 Å². The molecule has 1 aliphatic rings. The fourth-order valence-electron chi connectivity index (χ4n) is 2.25. The highest BCUT2D eigenvalue weighted by Gasteiger charge is 2.46. The predicted octanol–water partition coefficient (Wildman–Crippen LogP) is 1.99. The van der Waals surface area contributed by atoms with Gasteiger partial charge in [0.1, 0.15) is 5.82 Å². The maximum Gasteiger partial charge on any atom is 0.254 e. The van der Waals surface area contributed by atoms with E-state index in [2.05, 4.69) is 5.32 Å². The van der Waals surface area contributed by atoms with E-state index in [0.717, 1.165) is 12.0 Å². The summed E-state index contributed by atoms with van der Waals surface area (Å²) in [6.07, 6.45) is 0.742. The first-order valence-electron chi connectivity index (χ1n) is 6.15. The molecule has 0 aromatic heterocycles. The molecule has 0 spiro atoms. The number of aryl methyl sites for hydroxylation is 1. The summed E-state index contributed by atoms with van der Waals surface area (Å²) in [6.45, 7) is 5.86. The largest absolute Gasteiger partial charge is 0.349 e. The maximum absolute atomic E-state index is 13.6. The molecule has 1 aromatic rings. The third-order valence-corrected chi connectivity index (χ3v) is 4.02. The second-order valence-corrected chi connectivity index (χ2v) is 5.67. The summed E-state index contributed by atoms with van der Waals surface area (Å²) in [4.78, 5) is 12.0. The van der Waals surface area contributed by atoms with Crippen molar-refractivity contribution in [2.24, 2.45) is 11.1 Å². The van der Waals surface area contributed by atoms with Crippen LogP contribution in [-0.4, -0.2) is 18.0 Å². The minimum atomic E-state index is -0.487. The Bertz CT molecular complexity index is 485. The third-order valence-electron chi connectivity index (χ3n) is 4.02. The SMILES string of the molecule is Cc1ccc(F)c(C(=O)NC2CC(N)C2(C)C)c1. The topological polar surface area (TPSA) is 55.1 Å². The zero-order valence-corrected chi connectivity index (χ0v) is 11.0. The molecule has 0 aliphatic heterocycles. The maximum atomic E-state index is 13.6. The third kappa shape index (κ3) is 2.12. The number of carbonyl (C=O) groups is 1. The summed E-state index contributed by atoms with van der Waals surface area (Å²) in [5.74, 6) is -0.847. The summed E-state index contributed by atoms with van der Waals surface area (Å²) in [5, 5.41) is 2.86. The van der Waals surface area contributed by atoms with Gasteiger partial charge in [-0.3, -0.25) is 4.79 Å². The molecule has 1 aromatic carbocycles. The first kappa shape index (κ1) is 13.0. The van der Waals surface area contributed by atoms with E-state index in [1.165, 1.54) is 6.07 Å². The molecule has 3 N–H and O–H groups in total. The summed E-state index contributed by atoms with van der Waals surface area (Å²) < 4.78 is 13.6. The van der Waals surface area contributed by atoms with Crippen molar-refractivity contribution in [3.05, 3.63) is 35.1 Å². The van der Waals surface area contributed by atoms with E-state index in [4.69, 9.17) is 5.73 Å². The zero-order valence-electron chi connectivity index (χ0n) is 11.0. The second kappa shape index (κ2) is 4.35. The summed E-state index contributed by atoms with van der Waals surface area (Å²) in [6, 6.07) is 4.64. The van der Waals surface area contributed by atoms with Crippen molar-refractivity contribution in [2.75, 3.05) is 0 Å². The Morgan fingerprint density at radius 3 is 2.72 bits per heavy atom. The molecule has 1 saturated carbocycles. The van der Waals surface area contributed by atoms with Gasteiger partial charge in [-0.05, 0) is 25.5 Å².